The van der Waals surface area contributed by atoms with Crippen LogP contribution in [0.2, 0.25) is 5.02 Å². The largest absolute Gasteiger partial charge is 0.284 e. The van der Waals surface area contributed by atoms with Gasteiger partial charge >= 0.3 is 0 Å². The van der Waals surface area contributed by atoms with Gasteiger partial charge in [-0.05, 0) is 44.1 Å². The fraction of sp³-hybridized carbons (Fsp3) is 0.417. The second-order valence-electron chi connectivity index (χ2n) is 3.94. The highest BCUT2D eigenvalue weighted by atomic mass is 35.5. The third-order valence-electron chi connectivity index (χ3n) is 2.88. The molecule has 1 atom stereocenters. The summed E-state index contributed by atoms with van der Waals surface area (Å²) in [7, 11) is 0. The zero-order valence-electron chi connectivity index (χ0n) is 8.79. The van der Waals surface area contributed by atoms with Crippen molar-refractivity contribution in [3.8, 4) is 6.07 Å². The lowest BCUT2D eigenvalue weighted by Gasteiger charge is -2.21. The van der Waals surface area contributed by atoms with Gasteiger partial charge in [-0.3, -0.25) is 4.90 Å². The smallest absolute Gasteiger partial charge is 0.129 e. The Bertz CT molecular complexity index is 422. The quantitative estimate of drug-likeness (QED) is 0.792. The van der Waals surface area contributed by atoms with Crippen LogP contribution in [0, 0.1) is 17.1 Å². The molecule has 0 spiro atoms. The van der Waals surface area contributed by atoms with Crippen LogP contribution in [-0.2, 0) is 0 Å². The van der Waals surface area contributed by atoms with Gasteiger partial charge in [0.25, 0.3) is 0 Å². The SMILES string of the molecule is N#CC(c1cc(Cl)ccc1F)N1CCCC1. The third-order valence-corrected chi connectivity index (χ3v) is 3.12. The van der Waals surface area contributed by atoms with Crippen LogP contribution in [-0.4, -0.2) is 18.0 Å². The Hall–Kier alpha value is -1.11. The fourth-order valence-corrected chi connectivity index (χ4v) is 2.25. The summed E-state index contributed by atoms with van der Waals surface area (Å²) in [6.07, 6.45) is 2.14. The Balaban J connectivity index is 2.32. The standard InChI is InChI=1S/C12H12ClFN2/c13-9-3-4-11(14)10(7-9)12(8-15)16-5-1-2-6-16/h3-4,7,12H,1-2,5-6H2. The molecule has 0 bridgehead atoms. The molecule has 1 aliphatic heterocycles. The zero-order chi connectivity index (χ0) is 11.5. The van der Waals surface area contributed by atoms with Crippen molar-refractivity contribution in [1.29, 1.82) is 5.26 Å². The van der Waals surface area contributed by atoms with Crippen LogP contribution in [0.5, 0.6) is 0 Å². The van der Waals surface area contributed by atoms with Crippen LogP contribution in [0.4, 0.5) is 4.39 Å². The lowest BCUT2D eigenvalue weighted by molar-refractivity contribution is 0.288. The minimum atomic E-state index is -0.513. The molecule has 2 rings (SSSR count). The van der Waals surface area contributed by atoms with E-state index in [4.69, 9.17) is 16.9 Å². The molecule has 1 heterocycles. The van der Waals surface area contributed by atoms with Gasteiger partial charge in [0.2, 0.25) is 0 Å². The molecule has 1 aliphatic rings. The summed E-state index contributed by atoms with van der Waals surface area (Å²) in [5.41, 5.74) is 0.386. The van der Waals surface area contributed by atoms with Crippen molar-refractivity contribution >= 4 is 11.6 Å². The van der Waals surface area contributed by atoms with Crippen LogP contribution < -0.4 is 0 Å². The Morgan fingerprint density at radius 1 is 1.38 bits per heavy atom. The maximum Gasteiger partial charge on any atom is 0.129 e. The first-order chi connectivity index (χ1) is 7.72. The van der Waals surface area contributed by atoms with Crippen molar-refractivity contribution in [2.24, 2.45) is 0 Å². The highest BCUT2D eigenvalue weighted by molar-refractivity contribution is 6.30. The summed E-state index contributed by atoms with van der Waals surface area (Å²) in [5, 5.41) is 9.62. The molecule has 0 aromatic heterocycles. The predicted molar refractivity (Wildman–Crippen MR) is 60.6 cm³/mol. The zero-order valence-corrected chi connectivity index (χ0v) is 9.54. The molecule has 1 fully saturated rings. The maximum absolute atomic E-state index is 13.6. The van der Waals surface area contributed by atoms with Crippen molar-refractivity contribution in [3.05, 3.63) is 34.6 Å². The van der Waals surface area contributed by atoms with E-state index in [1.165, 1.54) is 12.1 Å². The van der Waals surface area contributed by atoms with Crippen LogP contribution in [0.1, 0.15) is 24.4 Å². The number of nitriles is 1. The molecule has 1 aromatic rings. The summed E-state index contributed by atoms with van der Waals surface area (Å²) in [6, 6.07) is 6.00. The van der Waals surface area contributed by atoms with E-state index >= 15 is 0 Å². The number of halogens is 2. The molecule has 0 saturated carbocycles. The third kappa shape index (κ3) is 2.18. The minimum absolute atomic E-state index is 0.358. The highest BCUT2D eigenvalue weighted by Crippen LogP contribution is 2.28. The summed E-state index contributed by atoms with van der Waals surface area (Å²) < 4.78 is 13.6. The summed E-state index contributed by atoms with van der Waals surface area (Å²) in [4.78, 5) is 1.99. The van der Waals surface area contributed by atoms with Gasteiger partial charge in [0, 0.05) is 10.6 Å². The highest BCUT2D eigenvalue weighted by Gasteiger charge is 2.25. The van der Waals surface area contributed by atoms with Crippen molar-refractivity contribution < 1.29 is 4.39 Å². The molecule has 2 nitrogen and oxygen atoms in total. The average molecular weight is 239 g/mol. The summed E-state index contributed by atoms with van der Waals surface area (Å²) in [6.45, 7) is 1.70. The number of hydrogen-bond acceptors (Lipinski definition) is 2. The fourth-order valence-electron chi connectivity index (χ4n) is 2.07. The van der Waals surface area contributed by atoms with Crippen LogP contribution in [0.15, 0.2) is 18.2 Å². The number of likely N-dealkylation sites (tertiary alicyclic amines) is 1. The lowest BCUT2D eigenvalue weighted by atomic mass is 10.1. The van der Waals surface area contributed by atoms with E-state index in [2.05, 4.69) is 6.07 Å². The van der Waals surface area contributed by atoms with Crippen molar-refractivity contribution in [2.75, 3.05) is 13.1 Å². The van der Waals surface area contributed by atoms with Gasteiger partial charge in [0.05, 0.1) is 6.07 Å². The molecule has 84 valence electrons. The summed E-state index contributed by atoms with van der Waals surface area (Å²) in [5.74, 6) is -0.358. The van der Waals surface area contributed by atoms with E-state index in [-0.39, 0.29) is 5.82 Å². The molecule has 0 radical (unpaired) electrons. The van der Waals surface area contributed by atoms with Crippen molar-refractivity contribution in [3.63, 3.8) is 0 Å². The van der Waals surface area contributed by atoms with Gasteiger partial charge in [-0.25, -0.2) is 4.39 Å². The molecule has 0 N–H and O–H groups in total. The molecule has 0 amide bonds. The molecular weight excluding hydrogens is 227 g/mol. The van der Waals surface area contributed by atoms with Crippen LogP contribution >= 0.6 is 11.6 Å². The van der Waals surface area contributed by atoms with Crippen molar-refractivity contribution in [2.45, 2.75) is 18.9 Å². The van der Waals surface area contributed by atoms with Crippen molar-refractivity contribution in [1.82, 2.24) is 4.90 Å². The van der Waals surface area contributed by atoms with Crippen LogP contribution in [0.25, 0.3) is 0 Å². The second kappa shape index (κ2) is 4.82. The first kappa shape index (κ1) is 11.4. The number of hydrogen-bond donors (Lipinski definition) is 0. The average Bonchev–Trinajstić information content (AvgIpc) is 2.78. The van der Waals surface area contributed by atoms with Gasteiger partial charge in [-0.2, -0.15) is 5.26 Å². The maximum atomic E-state index is 13.6. The predicted octanol–water partition coefficient (Wildman–Crippen LogP) is 3.14. The Morgan fingerprint density at radius 2 is 2.06 bits per heavy atom. The van der Waals surface area contributed by atoms with E-state index in [0.717, 1.165) is 25.9 Å². The van der Waals surface area contributed by atoms with Gasteiger partial charge in [0.15, 0.2) is 0 Å². The second-order valence-corrected chi connectivity index (χ2v) is 4.38. The molecule has 0 aliphatic carbocycles. The van der Waals surface area contributed by atoms with E-state index in [1.54, 1.807) is 6.07 Å². The Kier molecular flexibility index (Phi) is 3.42. The molecule has 16 heavy (non-hydrogen) atoms. The number of rotatable bonds is 2. The lowest BCUT2D eigenvalue weighted by Crippen LogP contribution is -2.25. The monoisotopic (exact) mass is 238 g/mol. The van der Waals surface area contributed by atoms with Gasteiger partial charge in [-0.1, -0.05) is 11.6 Å². The molecule has 1 saturated heterocycles. The topological polar surface area (TPSA) is 27.0 Å². The first-order valence-corrected chi connectivity index (χ1v) is 5.69. The summed E-state index contributed by atoms with van der Waals surface area (Å²) >= 11 is 5.83. The first-order valence-electron chi connectivity index (χ1n) is 5.31. The van der Waals surface area contributed by atoms with Crippen LogP contribution in [0.3, 0.4) is 0 Å². The van der Waals surface area contributed by atoms with Gasteiger partial charge in [0.1, 0.15) is 11.9 Å². The normalized spacial score (nSPS) is 18.3. The molecule has 1 aromatic carbocycles. The van der Waals surface area contributed by atoms with E-state index in [9.17, 15) is 4.39 Å². The molecule has 1 unspecified atom stereocenters. The number of nitrogens with zero attached hydrogens (tertiary/aromatic N) is 2. The van der Waals surface area contributed by atoms with E-state index in [1.807, 2.05) is 4.90 Å². The number of benzene rings is 1. The van der Waals surface area contributed by atoms with E-state index < -0.39 is 6.04 Å². The van der Waals surface area contributed by atoms with Gasteiger partial charge in [-0.15, -0.1) is 0 Å². The van der Waals surface area contributed by atoms with E-state index in [0.29, 0.717) is 10.6 Å². The Morgan fingerprint density at radius 3 is 2.69 bits per heavy atom. The molecule has 4 heteroatoms. The Labute approximate surface area is 99.2 Å². The van der Waals surface area contributed by atoms with Gasteiger partial charge < -0.3 is 0 Å². The molecular formula is C12H12ClFN2. The minimum Gasteiger partial charge on any atom is -0.284 e.